The fourth-order valence-electron chi connectivity index (χ4n) is 7.28. The predicted octanol–water partition coefficient (Wildman–Crippen LogP) is 3.67. The summed E-state index contributed by atoms with van der Waals surface area (Å²) in [5.74, 6) is 7.44. The van der Waals surface area contributed by atoms with Crippen molar-refractivity contribution in [3.8, 4) is 0 Å². The zero-order valence-electron chi connectivity index (χ0n) is 11.2. The number of Topliss-reactive ketones (excluding diaryl/α,β-unsaturated/α-hetero) is 1. The number of hydrogen-bond acceptors (Lipinski definition) is 1. The Balaban J connectivity index is 1.60. The lowest BCUT2D eigenvalue weighted by molar-refractivity contribution is -0.132. The van der Waals surface area contributed by atoms with Gasteiger partial charge in [0.1, 0.15) is 5.78 Å². The third-order valence-electron chi connectivity index (χ3n) is 7.62. The van der Waals surface area contributed by atoms with Crippen LogP contribution in [0.2, 0.25) is 0 Å². The molecule has 0 N–H and O–H groups in total. The van der Waals surface area contributed by atoms with E-state index in [1.807, 2.05) is 0 Å². The van der Waals surface area contributed by atoms with Crippen LogP contribution in [0.4, 0.5) is 0 Å². The van der Waals surface area contributed by atoms with Gasteiger partial charge in [-0.3, -0.25) is 4.79 Å². The van der Waals surface area contributed by atoms with Gasteiger partial charge < -0.3 is 0 Å². The molecule has 0 aromatic carbocycles. The summed E-state index contributed by atoms with van der Waals surface area (Å²) in [4.78, 5) is 12.8. The molecular weight excluding hydrogens is 220 g/mol. The molecule has 5 saturated carbocycles. The lowest BCUT2D eigenvalue weighted by atomic mass is 9.69. The van der Waals surface area contributed by atoms with E-state index in [1.165, 1.54) is 51.4 Å². The van der Waals surface area contributed by atoms with Crippen LogP contribution in [0.25, 0.3) is 0 Å². The van der Waals surface area contributed by atoms with Gasteiger partial charge in [0.15, 0.2) is 0 Å². The second-order valence-electron chi connectivity index (χ2n) is 7.95. The van der Waals surface area contributed by atoms with Crippen LogP contribution >= 0.6 is 0 Å². The Morgan fingerprint density at radius 2 is 1.28 bits per heavy atom. The molecule has 0 heterocycles. The standard InChI is InChI=1S/C17H24O/c18-17-11-3-1-2-4-12(17)14-8-13(11)15-9-5-6-10(7-9)16(14)15/h9-16H,1-8H2/t9-,10-,11-,12-,13+,14+,15+,16+/m0/s1. The smallest absolute Gasteiger partial charge is 0.139 e. The molecule has 0 aromatic heterocycles. The molecule has 18 heavy (non-hydrogen) atoms. The van der Waals surface area contributed by atoms with Gasteiger partial charge in [0.2, 0.25) is 0 Å². The van der Waals surface area contributed by atoms with Gasteiger partial charge in [0.25, 0.3) is 0 Å². The maximum absolute atomic E-state index is 12.8. The highest BCUT2D eigenvalue weighted by Gasteiger charge is 2.64. The van der Waals surface area contributed by atoms with E-state index in [-0.39, 0.29) is 0 Å². The Kier molecular flexibility index (Phi) is 1.98. The Bertz CT molecular complexity index is 366. The molecule has 1 heteroatoms. The van der Waals surface area contributed by atoms with Crippen LogP contribution < -0.4 is 0 Å². The number of hydrogen-bond donors (Lipinski definition) is 0. The number of rotatable bonds is 0. The largest absolute Gasteiger partial charge is 0.299 e. The Morgan fingerprint density at radius 1 is 0.722 bits per heavy atom. The molecule has 0 saturated heterocycles. The van der Waals surface area contributed by atoms with Gasteiger partial charge in [-0.05, 0) is 74.0 Å². The normalized spacial score (nSPS) is 60.8. The van der Waals surface area contributed by atoms with E-state index in [0.29, 0.717) is 11.8 Å². The van der Waals surface area contributed by atoms with Crippen molar-refractivity contribution in [3.63, 3.8) is 0 Å². The minimum absolute atomic E-state index is 0.503. The van der Waals surface area contributed by atoms with Crippen molar-refractivity contribution in [1.82, 2.24) is 0 Å². The molecule has 5 rings (SSSR count). The first-order chi connectivity index (χ1) is 8.84. The van der Waals surface area contributed by atoms with E-state index < -0.39 is 0 Å². The average molecular weight is 244 g/mol. The van der Waals surface area contributed by atoms with E-state index in [2.05, 4.69) is 0 Å². The highest BCUT2D eigenvalue weighted by molar-refractivity contribution is 5.85. The molecule has 0 unspecified atom stereocenters. The van der Waals surface area contributed by atoms with Crippen LogP contribution in [0.1, 0.15) is 51.4 Å². The van der Waals surface area contributed by atoms with Crippen molar-refractivity contribution in [2.45, 2.75) is 51.4 Å². The predicted molar refractivity (Wildman–Crippen MR) is 69.9 cm³/mol. The fraction of sp³-hybridized carbons (Fsp3) is 0.941. The van der Waals surface area contributed by atoms with E-state index >= 15 is 0 Å². The van der Waals surface area contributed by atoms with E-state index in [0.717, 1.165) is 41.3 Å². The van der Waals surface area contributed by atoms with Crippen molar-refractivity contribution in [1.29, 1.82) is 0 Å². The molecule has 0 aromatic rings. The number of carbonyl (C=O) groups excluding carboxylic acids is 1. The maximum Gasteiger partial charge on any atom is 0.139 e. The zero-order chi connectivity index (χ0) is 11.9. The van der Waals surface area contributed by atoms with Crippen LogP contribution in [-0.2, 0) is 4.79 Å². The minimum atomic E-state index is 0.503. The fourth-order valence-corrected chi connectivity index (χ4v) is 7.28. The molecule has 0 spiro atoms. The summed E-state index contributed by atoms with van der Waals surface area (Å²) in [6.07, 6.45) is 11.1. The van der Waals surface area contributed by atoms with Crippen LogP contribution in [0.15, 0.2) is 0 Å². The average Bonchev–Trinajstić information content (AvgIpc) is 3.03. The Labute approximate surface area is 110 Å². The second kappa shape index (κ2) is 3.41. The van der Waals surface area contributed by atoms with Gasteiger partial charge in [-0.1, -0.05) is 12.8 Å². The molecule has 0 amide bonds. The molecule has 6 bridgehead atoms. The summed E-state index contributed by atoms with van der Waals surface area (Å²) in [6, 6.07) is 0. The first kappa shape index (κ1) is 10.5. The number of ketones is 1. The van der Waals surface area contributed by atoms with Crippen molar-refractivity contribution < 1.29 is 4.79 Å². The molecule has 0 radical (unpaired) electrons. The Morgan fingerprint density at radius 3 is 1.83 bits per heavy atom. The van der Waals surface area contributed by atoms with Crippen LogP contribution in [0.5, 0.6) is 0 Å². The first-order valence-corrected chi connectivity index (χ1v) is 8.38. The molecule has 98 valence electrons. The molecule has 5 aliphatic rings. The van der Waals surface area contributed by atoms with E-state index in [9.17, 15) is 4.79 Å². The lowest BCUT2D eigenvalue weighted by Crippen LogP contribution is -2.37. The summed E-state index contributed by atoms with van der Waals surface area (Å²) in [6.45, 7) is 0. The molecular formula is C17H24O. The van der Waals surface area contributed by atoms with Crippen molar-refractivity contribution in [2.24, 2.45) is 47.3 Å². The van der Waals surface area contributed by atoms with Crippen molar-refractivity contribution in [2.75, 3.05) is 0 Å². The van der Waals surface area contributed by atoms with Crippen LogP contribution in [0, 0.1) is 47.3 Å². The van der Waals surface area contributed by atoms with Gasteiger partial charge in [0, 0.05) is 11.8 Å². The maximum atomic E-state index is 12.8. The molecule has 8 atom stereocenters. The van der Waals surface area contributed by atoms with Crippen LogP contribution in [-0.4, -0.2) is 5.78 Å². The van der Waals surface area contributed by atoms with Gasteiger partial charge in [-0.2, -0.15) is 0 Å². The quantitative estimate of drug-likeness (QED) is 0.594. The highest BCUT2D eigenvalue weighted by atomic mass is 16.1. The second-order valence-corrected chi connectivity index (χ2v) is 7.95. The van der Waals surface area contributed by atoms with E-state index in [1.54, 1.807) is 0 Å². The summed E-state index contributed by atoms with van der Waals surface area (Å²) in [5, 5.41) is 0. The summed E-state index contributed by atoms with van der Waals surface area (Å²) in [7, 11) is 0. The summed E-state index contributed by atoms with van der Waals surface area (Å²) in [5.41, 5.74) is 0. The first-order valence-electron chi connectivity index (χ1n) is 8.38. The van der Waals surface area contributed by atoms with Gasteiger partial charge in [-0.25, -0.2) is 0 Å². The Hall–Kier alpha value is -0.330. The summed E-state index contributed by atoms with van der Waals surface area (Å²) >= 11 is 0. The lowest BCUT2D eigenvalue weighted by Gasteiger charge is -2.34. The minimum Gasteiger partial charge on any atom is -0.299 e. The zero-order valence-corrected chi connectivity index (χ0v) is 11.2. The van der Waals surface area contributed by atoms with Gasteiger partial charge in [-0.15, -0.1) is 0 Å². The van der Waals surface area contributed by atoms with E-state index in [4.69, 9.17) is 0 Å². The third-order valence-corrected chi connectivity index (χ3v) is 7.62. The monoisotopic (exact) mass is 244 g/mol. The topological polar surface area (TPSA) is 17.1 Å². The van der Waals surface area contributed by atoms with Gasteiger partial charge in [0.05, 0.1) is 0 Å². The summed E-state index contributed by atoms with van der Waals surface area (Å²) < 4.78 is 0. The van der Waals surface area contributed by atoms with Crippen molar-refractivity contribution in [3.05, 3.63) is 0 Å². The van der Waals surface area contributed by atoms with Crippen LogP contribution in [0.3, 0.4) is 0 Å². The number of fused-ring (bicyclic) bond motifs is 13. The molecule has 0 aliphatic heterocycles. The van der Waals surface area contributed by atoms with Gasteiger partial charge >= 0.3 is 0 Å². The third kappa shape index (κ3) is 1.09. The highest BCUT2D eigenvalue weighted by Crippen LogP contribution is 2.68. The van der Waals surface area contributed by atoms with Crippen molar-refractivity contribution >= 4 is 5.78 Å². The molecule has 1 nitrogen and oxygen atoms in total. The molecule has 5 aliphatic carbocycles. The SMILES string of the molecule is O=C1[C@H]2CCCC[C@H]1[C@H]1C[C@H]2[C@H]2[C@H]3CC[C@@H](C3)[C@H]12. The number of carbonyl (C=O) groups is 1. The molecule has 5 fully saturated rings.